The second-order valence-corrected chi connectivity index (χ2v) is 5.80. The highest BCUT2D eigenvalue weighted by molar-refractivity contribution is 7.13. The Hall–Kier alpha value is -1.13. The summed E-state index contributed by atoms with van der Waals surface area (Å²) in [5.74, 6) is 0. The average Bonchev–Trinajstić information content (AvgIpc) is 2.69. The molecule has 90 valence electrons. The molecule has 0 bridgehead atoms. The van der Waals surface area contributed by atoms with Gasteiger partial charge >= 0.3 is 0 Å². The van der Waals surface area contributed by atoms with Crippen molar-refractivity contribution in [1.29, 1.82) is 0 Å². The zero-order chi connectivity index (χ0) is 11.8. The fourth-order valence-electron chi connectivity index (χ4n) is 2.57. The largest absolute Gasteiger partial charge is 0.328 e. The van der Waals surface area contributed by atoms with Crippen LogP contribution in [0.15, 0.2) is 29.1 Å². The third kappa shape index (κ3) is 1.91. The fraction of sp³-hybridized carbons (Fsp3) is 0.462. The minimum Gasteiger partial charge on any atom is -0.328 e. The van der Waals surface area contributed by atoms with Crippen LogP contribution in [0.2, 0.25) is 0 Å². The first-order chi connectivity index (χ1) is 8.25. The molecule has 1 saturated carbocycles. The third-order valence-electron chi connectivity index (χ3n) is 3.59. The molecule has 0 unspecified atom stereocenters. The Labute approximate surface area is 104 Å². The number of nitrogens with two attached hydrogens (primary N) is 1. The molecule has 3 nitrogen and oxygen atoms in total. The van der Waals surface area contributed by atoms with Crippen LogP contribution in [0.25, 0.3) is 10.1 Å². The number of fused-ring (bicyclic) bond motifs is 1. The molecule has 0 aliphatic heterocycles. The lowest BCUT2D eigenvalue weighted by Crippen LogP contribution is -2.30. The molecule has 1 aliphatic rings. The Morgan fingerprint density at radius 3 is 2.59 bits per heavy atom. The maximum Gasteiger partial charge on any atom is 0.268 e. The van der Waals surface area contributed by atoms with Gasteiger partial charge in [-0.1, -0.05) is 23.7 Å². The second-order valence-electron chi connectivity index (χ2n) is 4.79. The van der Waals surface area contributed by atoms with Crippen molar-refractivity contribution in [2.75, 3.05) is 0 Å². The van der Waals surface area contributed by atoms with Crippen molar-refractivity contribution in [3.8, 4) is 0 Å². The maximum absolute atomic E-state index is 12.3. The van der Waals surface area contributed by atoms with Crippen molar-refractivity contribution in [2.24, 2.45) is 5.73 Å². The topological polar surface area (TPSA) is 48.0 Å². The first-order valence-electron chi connectivity index (χ1n) is 6.12. The molecule has 0 atom stereocenters. The Morgan fingerprint density at radius 1 is 1.18 bits per heavy atom. The van der Waals surface area contributed by atoms with E-state index in [2.05, 4.69) is 0 Å². The summed E-state index contributed by atoms with van der Waals surface area (Å²) < 4.78 is 3.05. The smallest absolute Gasteiger partial charge is 0.268 e. The Kier molecular flexibility index (Phi) is 2.76. The van der Waals surface area contributed by atoms with Gasteiger partial charge in [-0.3, -0.25) is 8.75 Å². The van der Waals surface area contributed by atoms with E-state index in [4.69, 9.17) is 5.73 Å². The monoisotopic (exact) mass is 248 g/mol. The molecule has 3 rings (SSSR count). The van der Waals surface area contributed by atoms with Crippen LogP contribution in [0.3, 0.4) is 0 Å². The molecule has 1 aromatic heterocycles. The Bertz CT molecular complexity index is 578. The number of hydrogen-bond donors (Lipinski definition) is 1. The summed E-state index contributed by atoms with van der Waals surface area (Å²) in [6, 6.07) is 8.54. The normalized spacial score (nSPS) is 25.2. The van der Waals surface area contributed by atoms with Gasteiger partial charge in [-0.2, -0.15) is 0 Å². The number of nitrogens with zero attached hydrogens (tertiary/aromatic N) is 1. The van der Waals surface area contributed by atoms with Gasteiger partial charge in [0.15, 0.2) is 0 Å². The van der Waals surface area contributed by atoms with E-state index in [1.807, 2.05) is 28.2 Å². The van der Waals surface area contributed by atoms with E-state index in [0.717, 1.165) is 35.8 Å². The van der Waals surface area contributed by atoms with Crippen molar-refractivity contribution in [3.05, 3.63) is 34.6 Å². The van der Waals surface area contributed by atoms with Crippen LogP contribution >= 0.6 is 11.5 Å². The summed E-state index contributed by atoms with van der Waals surface area (Å²) in [6.07, 6.45) is 4.14. The Morgan fingerprint density at radius 2 is 1.88 bits per heavy atom. The number of rotatable bonds is 1. The van der Waals surface area contributed by atoms with E-state index in [1.54, 1.807) is 11.5 Å². The first kappa shape index (κ1) is 11.0. The third-order valence-corrected chi connectivity index (χ3v) is 4.80. The van der Waals surface area contributed by atoms with Gasteiger partial charge in [0, 0.05) is 12.1 Å². The molecule has 1 heterocycles. The number of aromatic nitrogens is 1. The van der Waals surface area contributed by atoms with E-state index in [-0.39, 0.29) is 5.56 Å². The standard InChI is InChI=1S/C13H16N2OS/c14-9-5-7-10(8-6-9)15-13(16)11-3-1-2-4-12(11)17-15/h1-4,9-10H,5-8,14H2. The van der Waals surface area contributed by atoms with Gasteiger partial charge in [0.2, 0.25) is 0 Å². The molecule has 1 fully saturated rings. The molecule has 0 spiro atoms. The van der Waals surface area contributed by atoms with Crippen LogP contribution in [-0.2, 0) is 0 Å². The maximum atomic E-state index is 12.3. The molecule has 2 aromatic rings. The van der Waals surface area contributed by atoms with E-state index in [0.29, 0.717) is 12.1 Å². The van der Waals surface area contributed by atoms with E-state index < -0.39 is 0 Å². The van der Waals surface area contributed by atoms with Crippen molar-refractivity contribution < 1.29 is 0 Å². The predicted octanol–water partition coefficient (Wildman–Crippen LogP) is 2.51. The molecule has 1 aliphatic carbocycles. The molecule has 0 radical (unpaired) electrons. The molecule has 2 N–H and O–H groups in total. The van der Waals surface area contributed by atoms with E-state index in [1.165, 1.54) is 0 Å². The first-order valence-corrected chi connectivity index (χ1v) is 6.89. The minimum absolute atomic E-state index is 0.172. The zero-order valence-electron chi connectivity index (χ0n) is 9.63. The van der Waals surface area contributed by atoms with Gasteiger partial charge in [0.25, 0.3) is 5.56 Å². The molecule has 0 amide bonds. The lowest BCUT2D eigenvalue weighted by molar-refractivity contribution is 0.334. The van der Waals surface area contributed by atoms with Crippen LogP contribution in [-0.4, -0.2) is 10.00 Å². The summed E-state index contributed by atoms with van der Waals surface area (Å²) in [5.41, 5.74) is 6.08. The molecule has 0 saturated heterocycles. The van der Waals surface area contributed by atoms with Crippen LogP contribution in [0, 0.1) is 0 Å². The summed E-state index contributed by atoms with van der Waals surface area (Å²) in [5, 5.41) is 0.854. The van der Waals surface area contributed by atoms with Gasteiger partial charge in [0.1, 0.15) is 0 Å². The van der Waals surface area contributed by atoms with Crippen molar-refractivity contribution in [2.45, 2.75) is 37.8 Å². The van der Waals surface area contributed by atoms with Gasteiger partial charge in [-0.15, -0.1) is 0 Å². The summed E-state index contributed by atoms with van der Waals surface area (Å²) in [6.45, 7) is 0. The number of benzene rings is 1. The van der Waals surface area contributed by atoms with Gasteiger partial charge < -0.3 is 5.73 Å². The fourth-order valence-corrected chi connectivity index (χ4v) is 3.71. The molecular formula is C13H16N2OS. The summed E-state index contributed by atoms with van der Waals surface area (Å²) >= 11 is 1.59. The lowest BCUT2D eigenvalue weighted by Gasteiger charge is -2.25. The quantitative estimate of drug-likeness (QED) is 0.843. The van der Waals surface area contributed by atoms with Gasteiger partial charge in [-0.25, -0.2) is 0 Å². The van der Waals surface area contributed by atoms with Crippen molar-refractivity contribution in [3.63, 3.8) is 0 Å². The highest BCUT2D eigenvalue weighted by Crippen LogP contribution is 2.30. The zero-order valence-corrected chi connectivity index (χ0v) is 10.5. The highest BCUT2D eigenvalue weighted by atomic mass is 32.1. The van der Waals surface area contributed by atoms with Gasteiger partial charge in [-0.05, 0) is 37.8 Å². The molecule has 1 aromatic carbocycles. The van der Waals surface area contributed by atoms with Crippen LogP contribution in [0.4, 0.5) is 0 Å². The van der Waals surface area contributed by atoms with E-state index in [9.17, 15) is 4.79 Å². The van der Waals surface area contributed by atoms with Crippen LogP contribution in [0.5, 0.6) is 0 Å². The number of hydrogen-bond acceptors (Lipinski definition) is 3. The lowest BCUT2D eigenvalue weighted by atomic mass is 9.92. The molecule has 17 heavy (non-hydrogen) atoms. The average molecular weight is 248 g/mol. The molecule has 4 heteroatoms. The molecular weight excluding hydrogens is 232 g/mol. The summed E-state index contributed by atoms with van der Waals surface area (Å²) in [4.78, 5) is 12.3. The minimum atomic E-state index is 0.172. The van der Waals surface area contributed by atoms with Crippen molar-refractivity contribution in [1.82, 2.24) is 3.96 Å². The summed E-state index contributed by atoms with van der Waals surface area (Å²) in [7, 11) is 0. The van der Waals surface area contributed by atoms with Crippen LogP contribution in [0.1, 0.15) is 31.7 Å². The second kappa shape index (κ2) is 4.27. The SMILES string of the molecule is NC1CCC(n2sc3ccccc3c2=O)CC1. The Balaban J connectivity index is 2.00. The van der Waals surface area contributed by atoms with Crippen molar-refractivity contribution >= 4 is 21.6 Å². The van der Waals surface area contributed by atoms with E-state index >= 15 is 0 Å². The highest BCUT2D eigenvalue weighted by Gasteiger charge is 2.22. The van der Waals surface area contributed by atoms with Crippen LogP contribution < -0.4 is 11.3 Å². The predicted molar refractivity (Wildman–Crippen MR) is 71.6 cm³/mol. The van der Waals surface area contributed by atoms with Gasteiger partial charge in [0.05, 0.1) is 10.1 Å².